The first kappa shape index (κ1) is 12.4. The molecule has 6 nitrogen and oxygen atoms in total. The SMILES string of the molecule is CC1C(OS(=O)O)C2(CO)CCC1(CO)O2. The van der Waals surface area contributed by atoms with E-state index < -0.39 is 28.7 Å². The minimum Gasteiger partial charge on any atom is -0.393 e. The Morgan fingerprint density at radius 2 is 1.94 bits per heavy atom. The lowest BCUT2D eigenvalue weighted by Crippen LogP contribution is -2.48. The Morgan fingerprint density at radius 3 is 2.44 bits per heavy atom. The molecule has 2 bridgehead atoms. The first-order valence-corrected chi connectivity index (χ1v) is 6.23. The lowest BCUT2D eigenvalue weighted by atomic mass is 9.73. The molecule has 5 unspecified atom stereocenters. The Labute approximate surface area is 96.0 Å². The van der Waals surface area contributed by atoms with Gasteiger partial charge < -0.3 is 14.9 Å². The number of rotatable bonds is 4. The molecule has 7 heteroatoms. The molecule has 5 atom stereocenters. The van der Waals surface area contributed by atoms with Gasteiger partial charge in [-0.3, -0.25) is 8.74 Å². The second-order valence-corrected chi connectivity index (χ2v) is 5.20. The van der Waals surface area contributed by atoms with E-state index in [1.165, 1.54) is 0 Å². The first-order valence-electron chi connectivity index (χ1n) is 5.19. The fraction of sp³-hybridized carbons (Fsp3) is 1.00. The van der Waals surface area contributed by atoms with Crippen LogP contribution in [-0.4, -0.2) is 49.5 Å². The minimum absolute atomic E-state index is 0.173. The van der Waals surface area contributed by atoms with Crippen LogP contribution in [0.5, 0.6) is 0 Å². The molecule has 2 aliphatic heterocycles. The van der Waals surface area contributed by atoms with E-state index in [-0.39, 0.29) is 19.1 Å². The van der Waals surface area contributed by atoms with Crippen LogP contribution in [0.3, 0.4) is 0 Å². The summed E-state index contributed by atoms with van der Waals surface area (Å²) in [6.45, 7) is 1.35. The highest BCUT2D eigenvalue weighted by Gasteiger charge is 2.66. The molecule has 2 saturated heterocycles. The van der Waals surface area contributed by atoms with Gasteiger partial charge in [-0.25, -0.2) is 0 Å². The molecule has 0 aliphatic carbocycles. The van der Waals surface area contributed by atoms with Crippen molar-refractivity contribution < 1.29 is 27.9 Å². The summed E-state index contributed by atoms with van der Waals surface area (Å²) < 4.78 is 30.1. The summed E-state index contributed by atoms with van der Waals surface area (Å²) in [5.74, 6) is -0.227. The van der Waals surface area contributed by atoms with Crippen LogP contribution in [0, 0.1) is 5.92 Å². The van der Waals surface area contributed by atoms with E-state index in [9.17, 15) is 14.4 Å². The van der Waals surface area contributed by atoms with E-state index in [0.717, 1.165) is 0 Å². The first-order chi connectivity index (χ1) is 7.49. The molecule has 94 valence electrons. The topological polar surface area (TPSA) is 96.2 Å². The van der Waals surface area contributed by atoms with E-state index in [1.807, 2.05) is 0 Å². The van der Waals surface area contributed by atoms with Gasteiger partial charge in [0.25, 0.3) is 0 Å². The highest BCUT2D eigenvalue weighted by atomic mass is 32.2. The van der Waals surface area contributed by atoms with Crippen molar-refractivity contribution in [3.05, 3.63) is 0 Å². The van der Waals surface area contributed by atoms with E-state index >= 15 is 0 Å². The molecule has 3 N–H and O–H groups in total. The number of ether oxygens (including phenoxy) is 1. The summed E-state index contributed by atoms with van der Waals surface area (Å²) in [4.78, 5) is 0. The van der Waals surface area contributed by atoms with Crippen molar-refractivity contribution in [2.75, 3.05) is 13.2 Å². The maximum atomic E-state index is 10.7. The minimum atomic E-state index is -2.40. The number of fused-ring (bicyclic) bond motifs is 2. The van der Waals surface area contributed by atoms with Gasteiger partial charge in [0.05, 0.1) is 18.8 Å². The Balaban J connectivity index is 2.28. The molecule has 0 aromatic heterocycles. The van der Waals surface area contributed by atoms with E-state index in [1.54, 1.807) is 6.92 Å². The van der Waals surface area contributed by atoms with E-state index in [2.05, 4.69) is 0 Å². The van der Waals surface area contributed by atoms with Crippen LogP contribution < -0.4 is 0 Å². The fourth-order valence-electron chi connectivity index (χ4n) is 2.90. The van der Waals surface area contributed by atoms with Crippen molar-refractivity contribution in [1.29, 1.82) is 0 Å². The third kappa shape index (κ3) is 1.54. The predicted octanol–water partition coefficient (Wildman–Crippen LogP) is -0.569. The monoisotopic (exact) mass is 252 g/mol. The zero-order chi connectivity index (χ0) is 12.0. The normalized spacial score (nSPS) is 48.5. The fourth-order valence-corrected chi connectivity index (χ4v) is 3.42. The van der Waals surface area contributed by atoms with Crippen molar-refractivity contribution in [2.45, 2.75) is 37.1 Å². The highest BCUT2D eigenvalue weighted by molar-refractivity contribution is 7.74. The summed E-state index contributed by atoms with van der Waals surface area (Å²) >= 11 is -2.40. The van der Waals surface area contributed by atoms with Gasteiger partial charge in [0.1, 0.15) is 11.7 Å². The number of hydrogen-bond acceptors (Lipinski definition) is 5. The maximum absolute atomic E-state index is 10.7. The lowest BCUT2D eigenvalue weighted by Gasteiger charge is -2.34. The van der Waals surface area contributed by atoms with Crippen molar-refractivity contribution in [3.8, 4) is 0 Å². The molecule has 0 radical (unpaired) electrons. The summed E-state index contributed by atoms with van der Waals surface area (Å²) in [6, 6.07) is 0. The van der Waals surface area contributed by atoms with Gasteiger partial charge in [0, 0.05) is 5.92 Å². The van der Waals surface area contributed by atoms with Crippen LogP contribution in [0.1, 0.15) is 19.8 Å². The average molecular weight is 252 g/mol. The molecule has 0 saturated carbocycles. The van der Waals surface area contributed by atoms with Crippen LogP contribution in [0.15, 0.2) is 0 Å². The van der Waals surface area contributed by atoms with Crippen molar-refractivity contribution in [3.63, 3.8) is 0 Å². The smallest absolute Gasteiger partial charge is 0.302 e. The zero-order valence-corrected chi connectivity index (χ0v) is 9.77. The largest absolute Gasteiger partial charge is 0.393 e. The molecule has 0 aromatic carbocycles. The van der Waals surface area contributed by atoms with Gasteiger partial charge in [0.15, 0.2) is 0 Å². The van der Waals surface area contributed by atoms with Gasteiger partial charge in [-0.15, -0.1) is 0 Å². The molecule has 16 heavy (non-hydrogen) atoms. The molecular weight excluding hydrogens is 236 g/mol. The van der Waals surface area contributed by atoms with Crippen LogP contribution >= 0.6 is 0 Å². The zero-order valence-electron chi connectivity index (χ0n) is 8.96. The predicted molar refractivity (Wildman–Crippen MR) is 54.8 cm³/mol. The maximum Gasteiger partial charge on any atom is 0.302 e. The van der Waals surface area contributed by atoms with Crippen LogP contribution in [0.4, 0.5) is 0 Å². The molecular formula is C9H16O6S. The van der Waals surface area contributed by atoms with Crippen molar-refractivity contribution in [1.82, 2.24) is 0 Å². The summed E-state index contributed by atoms with van der Waals surface area (Å²) in [5, 5.41) is 18.8. The number of aliphatic hydroxyl groups excluding tert-OH is 2. The second kappa shape index (κ2) is 4.01. The Bertz CT molecular complexity index is 310. The van der Waals surface area contributed by atoms with Crippen molar-refractivity contribution >= 4 is 11.4 Å². The van der Waals surface area contributed by atoms with Gasteiger partial charge in [-0.05, 0) is 12.8 Å². The van der Waals surface area contributed by atoms with Gasteiger partial charge in [-0.1, -0.05) is 6.92 Å². The molecule has 0 amide bonds. The highest BCUT2D eigenvalue weighted by Crippen LogP contribution is 2.55. The van der Waals surface area contributed by atoms with Crippen LogP contribution in [0.25, 0.3) is 0 Å². The Kier molecular flexibility index (Phi) is 3.11. The van der Waals surface area contributed by atoms with Gasteiger partial charge in [-0.2, -0.15) is 4.21 Å². The molecule has 2 rings (SSSR count). The van der Waals surface area contributed by atoms with E-state index in [0.29, 0.717) is 12.8 Å². The molecule has 2 fully saturated rings. The Morgan fingerprint density at radius 1 is 1.38 bits per heavy atom. The number of hydrogen-bond donors (Lipinski definition) is 3. The molecule has 0 aromatic rings. The summed E-state index contributed by atoms with van der Waals surface area (Å²) in [6.07, 6.45) is 0.489. The average Bonchev–Trinajstić information content (AvgIpc) is 2.75. The Hall–Kier alpha value is -0.0500. The molecule has 2 aliphatic rings. The molecule has 0 spiro atoms. The van der Waals surface area contributed by atoms with Gasteiger partial charge in [0.2, 0.25) is 0 Å². The third-order valence-electron chi connectivity index (χ3n) is 3.90. The standard InChI is InChI=1S/C9H16O6S/c1-6-7(14-16(12)13)9(5-11)3-2-8(6,4-10)15-9/h6-7,10-11H,2-5H2,1H3,(H,12,13). The number of aliphatic hydroxyl groups is 2. The summed E-state index contributed by atoms with van der Waals surface area (Å²) in [5.41, 5.74) is -1.69. The lowest BCUT2D eigenvalue weighted by molar-refractivity contribution is -0.111. The third-order valence-corrected chi connectivity index (χ3v) is 4.27. The van der Waals surface area contributed by atoms with Crippen molar-refractivity contribution in [2.24, 2.45) is 5.92 Å². The second-order valence-electron chi connectivity index (χ2n) is 4.57. The van der Waals surface area contributed by atoms with E-state index in [4.69, 9.17) is 13.5 Å². The van der Waals surface area contributed by atoms with Crippen LogP contribution in [0.2, 0.25) is 0 Å². The van der Waals surface area contributed by atoms with Crippen LogP contribution in [-0.2, 0) is 20.3 Å². The van der Waals surface area contributed by atoms with Gasteiger partial charge >= 0.3 is 11.4 Å². The summed E-state index contributed by atoms with van der Waals surface area (Å²) in [7, 11) is 0. The quantitative estimate of drug-likeness (QED) is 0.580. The molecule has 2 heterocycles.